The first-order chi connectivity index (χ1) is 11.0. The third-order valence-corrected chi connectivity index (χ3v) is 4.02. The molecule has 2 heterocycles. The van der Waals surface area contributed by atoms with E-state index in [0.717, 1.165) is 22.0 Å². The SMILES string of the molecule is Cc1cc(C)c(CNc2nccc3c(N)cc(Cl)cc23)c(=O)[nH]1. The number of nitrogens with two attached hydrogens (primary N) is 1. The Morgan fingerprint density at radius 3 is 2.78 bits per heavy atom. The van der Waals surface area contributed by atoms with Crippen molar-refractivity contribution in [3.8, 4) is 0 Å². The van der Waals surface area contributed by atoms with Crippen LogP contribution in [-0.2, 0) is 6.54 Å². The van der Waals surface area contributed by atoms with Gasteiger partial charge in [-0.15, -0.1) is 0 Å². The molecule has 3 aromatic rings. The molecule has 0 fully saturated rings. The number of hydrogen-bond donors (Lipinski definition) is 3. The highest BCUT2D eigenvalue weighted by Crippen LogP contribution is 2.29. The lowest BCUT2D eigenvalue weighted by Crippen LogP contribution is -2.18. The molecule has 6 heteroatoms. The molecule has 4 N–H and O–H groups in total. The number of nitrogen functional groups attached to an aromatic ring is 1. The molecule has 118 valence electrons. The predicted molar refractivity (Wildman–Crippen MR) is 95.0 cm³/mol. The minimum absolute atomic E-state index is 0.0900. The average molecular weight is 329 g/mol. The van der Waals surface area contributed by atoms with Crippen LogP contribution in [-0.4, -0.2) is 9.97 Å². The summed E-state index contributed by atoms with van der Waals surface area (Å²) in [7, 11) is 0. The summed E-state index contributed by atoms with van der Waals surface area (Å²) in [5, 5.41) is 5.47. The van der Waals surface area contributed by atoms with Crippen LogP contribution in [0.5, 0.6) is 0 Å². The first-order valence-corrected chi connectivity index (χ1v) is 7.60. The first kappa shape index (κ1) is 15.4. The van der Waals surface area contributed by atoms with E-state index in [1.807, 2.05) is 32.0 Å². The number of nitrogens with zero attached hydrogens (tertiary/aromatic N) is 1. The van der Waals surface area contributed by atoms with Crippen molar-refractivity contribution >= 4 is 33.9 Å². The lowest BCUT2D eigenvalue weighted by atomic mass is 10.1. The number of rotatable bonds is 3. The van der Waals surface area contributed by atoms with E-state index in [9.17, 15) is 4.79 Å². The molecule has 0 saturated carbocycles. The summed E-state index contributed by atoms with van der Waals surface area (Å²) in [6.45, 7) is 4.16. The van der Waals surface area contributed by atoms with Crippen molar-refractivity contribution in [3.63, 3.8) is 0 Å². The van der Waals surface area contributed by atoms with Crippen LogP contribution in [0.1, 0.15) is 16.8 Å². The van der Waals surface area contributed by atoms with Gasteiger partial charge in [0.2, 0.25) is 0 Å². The van der Waals surface area contributed by atoms with Crippen LogP contribution < -0.4 is 16.6 Å². The van der Waals surface area contributed by atoms with Crippen molar-refractivity contribution in [3.05, 3.63) is 62.7 Å². The molecule has 0 atom stereocenters. The van der Waals surface area contributed by atoms with Crippen LogP contribution in [0, 0.1) is 13.8 Å². The van der Waals surface area contributed by atoms with Crippen molar-refractivity contribution < 1.29 is 0 Å². The summed E-state index contributed by atoms with van der Waals surface area (Å²) < 4.78 is 0. The number of anilines is 2. The fourth-order valence-corrected chi connectivity index (χ4v) is 2.92. The quantitative estimate of drug-likeness (QED) is 0.643. The number of aromatic nitrogens is 2. The van der Waals surface area contributed by atoms with Gasteiger partial charge < -0.3 is 16.0 Å². The molecule has 3 rings (SSSR count). The van der Waals surface area contributed by atoms with Gasteiger partial charge in [-0.25, -0.2) is 4.98 Å². The van der Waals surface area contributed by atoms with Gasteiger partial charge in [0.15, 0.2) is 0 Å². The highest BCUT2D eigenvalue weighted by molar-refractivity contribution is 6.32. The van der Waals surface area contributed by atoms with Gasteiger partial charge in [-0.2, -0.15) is 0 Å². The van der Waals surface area contributed by atoms with Gasteiger partial charge in [-0.3, -0.25) is 4.79 Å². The summed E-state index contributed by atoms with van der Waals surface area (Å²) in [5.41, 5.74) is 8.98. The van der Waals surface area contributed by atoms with Crippen molar-refractivity contribution in [1.82, 2.24) is 9.97 Å². The van der Waals surface area contributed by atoms with Gasteiger partial charge in [0.25, 0.3) is 5.56 Å². The molecule has 0 radical (unpaired) electrons. The molecule has 0 bridgehead atoms. The minimum Gasteiger partial charge on any atom is -0.398 e. The molecule has 0 aliphatic carbocycles. The molecule has 0 spiro atoms. The molecule has 0 aliphatic rings. The third kappa shape index (κ3) is 3.00. The second kappa shape index (κ2) is 5.93. The summed E-state index contributed by atoms with van der Waals surface area (Å²) in [6.07, 6.45) is 1.68. The van der Waals surface area contributed by atoms with Crippen molar-refractivity contribution in [2.24, 2.45) is 0 Å². The molecule has 1 aromatic carbocycles. The Bertz CT molecular complexity index is 949. The zero-order valence-corrected chi connectivity index (χ0v) is 13.7. The highest BCUT2D eigenvalue weighted by atomic mass is 35.5. The molecular weight excluding hydrogens is 312 g/mol. The molecule has 0 aliphatic heterocycles. The van der Waals surface area contributed by atoms with Crippen molar-refractivity contribution in [2.45, 2.75) is 20.4 Å². The van der Waals surface area contributed by atoms with E-state index in [2.05, 4.69) is 15.3 Å². The number of benzene rings is 1. The Morgan fingerprint density at radius 2 is 2.04 bits per heavy atom. The minimum atomic E-state index is -0.0900. The number of H-pyrrole nitrogens is 1. The summed E-state index contributed by atoms with van der Waals surface area (Å²) in [5.74, 6) is 0.649. The van der Waals surface area contributed by atoms with Crippen LogP contribution in [0.3, 0.4) is 0 Å². The van der Waals surface area contributed by atoms with E-state index in [1.54, 1.807) is 12.3 Å². The number of aryl methyl sites for hydroxylation is 2. The standard InChI is InChI=1S/C17H17ClN4O/c1-9-5-10(2)22-17(23)14(9)8-21-16-13-6-11(18)7-15(19)12(13)3-4-20-16/h3-7H,8,19H2,1-2H3,(H,20,21)(H,22,23). The van der Waals surface area contributed by atoms with E-state index in [4.69, 9.17) is 17.3 Å². The zero-order valence-electron chi connectivity index (χ0n) is 12.9. The molecule has 2 aromatic heterocycles. The van der Waals surface area contributed by atoms with Gasteiger partial charge in [-0.1, -0.05) is 11.6 Å². The van der Waals surface area contributed by atoms with Crippen molar-refractivity contribution in [2.75, 3.05) is 11.1 Å². The van der Waals surface area contributed by atoms with E-state index in [0.29, 0.717) is 28.6 Å². The highest BCUT2D eigenvalue weighted by Gasteiger charge is 2.09. The summed E-state index contributed by atoms with van der Waals surface area (Å²) in [6, 6.07) is 7.32. The zero-order chi connectivity index (χ0) is 16.6. The molecule has 0 amide bonds. The number of halogens is 1. The maximum Gasteiger partial charge on any atom is 0.253 e. The van der Waals surface area contributed by atoms with Crippen LogP contribution in [0.25, 0.3) is 10.8 Å². The topological polar surface area (TPSA) is 83.8 Å². The fraction of sp³-hybridized carbons (Fsp3) is 0.176. The lowest BCUT2D eigenvalue weighted by molar-refractivity contribution is 1.01. The van der Waals surface area contributed by atoms with Crippen LogP contribution >= 0.6 is 11.6 Å². The van der Waals surface area contributed by atoms with E-state index in [1.165, 1.54) is 0 Å². The van der Waals surface area contributed by atoms with Gasteiger partial charge in [0.05, 0.1) is 0 Å². The Balaban J connectivity index is 1.99. The van der Waals surface area contributed by atoms with Crippen molar-refractivity contribution in [1.29, 1.82) is 0 Å². The third-order valence-electron chi connectivity index (χ3n) is 3.80. The number of fused-ring (bicyclic) bond motifs is 1. The fourth-order valence-electron chi connectivity index (χ4n) is 2.69. The monoisotopic (exact) mass is 328 g/mol. The lowest BCUT2D eigenvalue weighted by Gasteiger charge is -2.12. The Hall–Kier alpha value is -2.53. The van der Waals surface area contributed by atoms with Gasteiger partial charge in [0.1, 0.15) is 5.82 Å². The molecule has 23 heavy (non-hydrogen) atoms. The second-order valence-electron chi connectivity index (χ2n) is 5.55. The predicted octanol–water partition coefficient (Wildman–Crippen LogP) is 3.39. The maximum atomic E-state index is 12.1. The normalized spacial score (nSPS) is 10.9. The van der Waals surface area contributed by atoms with Gasteiger partial charge >= 0.3 is 0 Å². The first-order valence-electron chi connectivity index (χ1n) is 7.22. The van der Waals surface area contributed by atoms with Crippen LogP contribution in [0.15, 0.2) is 35.3 Å². The van der Waals surface area contributed by atoms with E-state index >= 15 is 0 Å². The molecule has 5 nitrogen and oxygen atoms in total. The molecule has 0 saturated heterocycles. The molecular formula is C17H17ClN4O. The van der Waals surface area contributed by atoms with Gasteiger partial charge in [-0.05, 0) is 43.7 Å². The van der Waals surface area contributed by atoms with Crippen LogP contribution in [0.4, 0.5) is 11.5 Å². The molecule has 0 unspecified atom stereocenters. The Labute approximate surface area is 138 Å². The number of pyridine rings is 2. The Morgan fingerprint density at radius 1 is 1.26 bits per heavy atom. The second-order valence-corrected chi connectivity index (χ2v) is 5.98. The largest absolute Gasteiger partial charge is 0.398 e. The Kier molecular flexibility index (Phi) is 3.96. The van der Waals surface area contributed by atoms with Crippen LogP contribution in [0.2, 0.25) is 5.02 Å². The smallest absolute Gasteiger partial charge is 0.253 e. The van der Waals surface area contributed by atoms with Gasteiger partial charge in [0, 0.05) is 45.5 Å². The number of hydrogen-bond acceptors (Lipinski definition) is 4. The van der Waals surface area contributed by atoms with E-state index < -0.39 is 0 Å². The van der Waals surface area contributed by atoms with E-state index in [-0.39, 0.29) is 5.56 Å². The summed E-state index contributed by atoms with van der Waals surface area (Å²) >= 11 is 6.09. The maximum absolute atomic E-state index is 12.1. The average Bonchev–Trinajstić information content (AvgIpc) is 2.46. The summed E-state index contributed by atoms with van der Waals surface area (Å²) in [4.78, 5) is 19.3. The number of nitrogens with one attached hydrogen (secondary N) is 2. The number of aromatic amines is 1.